The summed E-state index contributed by atoms with van der Waals surface area (Å²) in [5.41, 5.74) is 0. The fraction of sp³-hybridized carbons (Fsp3) is 0.857. The number of ether oxygens (including phenoxy) is 2. The molecule has 0 rings (SSSR count). The second-order valence-corrected chi connectivity index (χ2v) is 3.01. The van der Waals surface area contributed by atoms with E-state index in [1.165, 1.54) is 0 Å². The Labute approximate surface area is 72.0 Å². The number of thioether (sulfide) groups is 1. The first kappa shape index (κ1) is 10.8. The lowest BCUT2D eigenvalue weighted by atomic mass is 10.7. The van der Waals surface area contributed by atoms with Crippen molar-refractivity contribution in [3.63, 3.8) is 0 Å². The van der Waals surface area contributed by atoms with E-state index in [0.29, 0.717) is 18.3 Å². The Morgan fingerprint density at radius 2 is 2.27 bits per heavy atom. The molecule has 0 unspecified atom stereocenters. The highest BCUT2D eigenvalue weighted by atomic mass is 32.2. The van der Waals surface area contributed by atoms with Crippen LogP contribution < -0.4 is 0 Å². The summed E-state index contributed by atoms with van der Waals surface area (Å²) < 4.78 is 9.80. The zero-order valence-corrected chi connectivity index (χ0v) is 7.87. The van der Waals surface area contributed by atoms with E-state index < -0.39 is 0 Å². The van der Waals surface area contributed by atoms with Crippen LogP contribution in [-0.4, -0.2) is 37.7 Å². The summed E-state index contributed by atoms with van der Waals surface area (Å²) in [6.45, 7) is 3.21. The first-order valence-electron chi connectivity index (χ1n) is 3.58. The molecular weight excluding hydrogens is 162 g/mol. The van der Waals surface area contributed by atoms with Crippen LogP contribution in [0.25, 0.3) is 0 Å². The minimum atomic E-state index is 0.355. The maximum absolute atomic E-state index is 7.24. The van der Waals surface area contributed by atoms with Gasteiger partial charge in [0.2, 0.25) is 0 Å². The maximum Gasteiger partial charge on any atom is 0.190 e. The normalized spacial score (nSPS) is 9.64. The van der Waals surface area contributed by atoms with Crippen molar-refractivity contribution in [2.24, 2.45) is 0 Å². The Balaban J connectivity index is 3.04. The molecule has 0 saturated carbocycles. The van der Waals surface area contributed by atoms with E-state index in [2.05, 4.69) is 0 Å². The molecule has 0 radical (unpaired) electrons. The lowest BCUT2D eigenvalue weighted by molar-refractivity contribution is 0.218. The largest absolute Gasteiger partial charge is 0.481 e. The van der Waals surface area contributed by atoms with Crippen LogP contribution in [0.2, 0.25) is 0 Å². The van der Waals surface area contributed by atoms with E-state index in [-0.39, 0.29) is 0 Å². The molecule has 66 valence electrons. The maximum atomic E-state index is 7.24. The predicted octanol–water partition coefficient (Wildman–Crippen LogP) is 1.38. The summed E-state index contributed by atoms with van der Waals surface area (Å²) in [5, 5.41) is 7.24. The third kappa shape index (κ3) is 7.68. The van der Waals surface area contributed by atoms with Gasteiger partial charge in [0, 0.05) is 12.9 Å². The highest BCUT2D eigenvalue weighted by Crippen LogP contribution is 1.99. The smallest absolute Gasteiger partial charge is 0.190 e. The number of hydrogen-bond acceptors (Lipinski definition) is 4. The van der Waals surface area contributed by atoms with Gasteiger partial charge in [0.05, 0.1) is 19.0 Å². The molecule has 0 aliphatic heterocycles. The molecule has 0 fully saturated rings. The number of methoxy groups -OCH3 is 1. The molecule has 0 aromatic carbocycles. The zero-order valence-electron chi connectivity index (χ0n) is 7.05. The predicted molar refractivity (Wildman–Crippen MR) is 48.6 cm³/mol. The van der Waals surface area contributed by atoms with Crippen LogP contribution in [0.3, 0.4) is 0 Å². The first-order chi connectivity index (χ1) is 5.31. The standard InChI is InChI=1S/C7H15NO2S/c1-3-10-7(8)6-11-5-4-9-2/h8H,3-6H2,1-2H3. The van der Waals surface area contributed by atoms with Crippen LogP contribution in [0, 0.1) is 5.41 Å². The second-order valence-electron chi connectivity index (χ2n) is 1.90. The van der Waals surface area contributed by atoms with E-state index in [1.54, 1.807) is 18.9 Å². The minimum absolute atomic E-state index is 0.355. The molecule has 0 spiro atoms. The van der Waals surface area contributed by atoms with E-state index in [9.17, 15) is 0 Å². The van der Waals surface area contributed by atoms with E-state index in [1.807, 2.05) is 6.92 Å². The monoisotopic (exact) mass is 177 g/mol. The first-order valence-corrected chi connectivity index (χ1v) is 4.73. The molecule has 0 aliphatic rings. The highest BCUT2D eigenvalue weighted by Gasteiger charge is 1.95. The third-order valence-electron chi connectivity index (χ3n) is 0.984. The molecule has 4 heteroatoms. The Bertz CT molecular complexity index is 109. The van der Waals surface area contributed by atoms with Crippen LogP contribution in [0.4, 0.5) is 0 Å². The van der Waals surface area contributed by atoms with Gasteiger partial charge in [-0.15, -0.1) is 11.8 Å². The molecule has 0 saturated heterocycles. The van der Waals surface area contributed by atoms with Gasteiger partial charge in [-0.25, -0.2) is 0 Å². The third-order valence-corrected chi connectivity index (χ3v) is 1.91. The lowest BCUT2D eigenvalue weighted by Crippen LogP contribution is -2.06. The fourth-order valence-corrected chi connectivity index (χ4v) is 1.22. The molecular formula is C7H15NO2S. The number of hydrogen-bond donors (Lipinski definition) is 1. The van der Waals surface area contributed by atoms with Crippen LogP contribution in [-0.2, 0) is 9.47 Å². The average molecular weight is 177 g/mol. The molecule has 0 aromatic rings. The van der Waals surface area contributed by atoms with Gasteiger partial charge in [-0.1, -0.05) is 0 Å². The molecule has 0 heterocycles. The van der Waals surface area contributed by atoms with Crippen molar-refractivity contribution < 1.29 is 9.47 Å². The summed E-state index contributed by atoms with van der Waals surface area (Å²) in [6.07, 6.45) is 0. The summed E-state index contributed by atoms with van der Waals surface area (Å²) >= 11 is 1.65. The Kier molecular flexibility index (Phi) is 7.72. The van der Waals surface area contributed by atoms with E-state index >= 15 is 0 Å². The number of rotatable bonds is 6. The van der Waals surface area contributed by atoms with Crippen molar-refractivity contribution in [1.29, 1.82) is 5.41 Å². The molecule has 0 bridgehead atoms. The Morgan fingerprint density at radius 3 is 2.82 bits per heavy atom. The summed E-state index contributed by atoms with van der Waals surface area (Å²) in [4.78, 5) is 0. The summed E-state index contributed by atoms with van der Waals surface area (Å²) in [6, 6.07) is 0. The second kappa shape index (κ2) is 7.88. The lowest BCUT2D eigenvalue weighted by Gasteiger charge is -2.03. The molecule has 11 heavy (non-hydrogen) atoms. The highest BCUT2D eigenvalue weighted by molar-refractivity contribution is 7.99. The zero-order chi connectivity index (χ0) is 8.53. The van der Waals surface area contributed by atoms with Gasteiger partial charge in [0.1, 0.15) is 0 Å². The van der Waals surface area contributed by atoms with Crippen molar-refractivity contribution in [3.8, 4) is 0 Å². The van der Waals surface area contributed by atoms with Crippen LogP contribution in [0.1, 0.15) is 6.92 Å². The summed E-state index contributed by atoms with van der Waals surface area (Å²) in [5.74, 6) is 1.93. The van der Waals surface area contributed by atoms with Crippen LogP contribution in [0.5, 0.6) is 0 Å². The van der Waals surface area contributed by atoms with Gasteiger partial charge in [0.25, 0.3) is 0 Å². The van der Waals surface area contributed by atoms with Crippen LogP contribution >= 0.6 is 11.8 Å². The molecule has 3 nitrogen and oxygen atoms in total. The molecule has 1 N–H and O–H groups in total. The molecule has 0 amide bonds. The molecule has 0 aromatic heterocycles. The quantitative estimate of drug-likeness (QED) is 0.378. The van der Waals surface area contributed by atoms with Gasteiger partial charge < -0.3 is 9.47 Å². The van der Waals surface area contributed by atoms with Crippen molar-refractivity contribution in [2.45, 2.75) is 6.92 Å². The average Bonchev–Trinajstić information content (AvgIpc) is 1.99. The van der Waals surface area contributed by atoms with Gasteiger partial charge in [-0.05, 0) is 6.92 Å². The van der Waals surface area contributed by atoms with Crippen molar-refractivity contribution in [3.05, 3.63) is 0 Å². The van der Waals surface area contributed by atoms with E-state index in [0.717, 1.165) is 12.4 Å². The Morgan fingerprint density at radius 1 is 1.55 bits per heavy atom. The van der Waals surface area contributed by atoms with Crippen LogP contribution in [0.15, 0.2) is 0 Å². The summed E-state index contributed by atoms with van der Waals surface area (Å²) in [7, 11) is 1.68. The van der Waals surface area contributed by atoms with Gasteiger partial charge >= 0.3 is 0 Å². The molecule has 0 atom stereocenters. The van der Waals surface area contributed by atoms with Gasteiger partial charge in [-0.2, -0.15) is 0 Å². The number of nitrogens with one attached hydrogen (secondary N) is 1. The topological polar surface area (TPSA) is 42.3 Å². The van der Waals surface area contributed by atoms with Crippen molar-refractivity contribution >= 4 is 17.7 Å². The molecule has 0 aliphatic carbocycles. The van der Waals surface area contributed by atoms with E-state index in [4.69, 9.17) is 14.9 Å². The van der Waals surface area contributed by atoms with Gasteiger partial charge in [-0.3, -0.25) is 5.41 Å². The fourth-order valence-electron chi connectivity index (χ4n) is 0.523. The van der Waals surface area contributed by atoms with Crippen molar-refractivity contribution in [1.82, 2.24) is 0 Å². The van der Waals surface area contributed by atoms with Gasteiger partial charge in [0.15, 0.2) is 5.90 Å². The Hall–Kier alpha value is -0.220. The SMILES string of the molecule is CCOC(=N)CSCCOC. The van der Waals surface area contributed by atoms with Crippen molar-refractivity contribution in [2.75, 3.05) is 31.8 Å². The minimum Gasteiger partial charge on any atom is -0.481 e.